The van der Waals surface area contributed by atoms with Gasteiger partial charge in [0.2, 0.25) is 82.7 Å². The molecule has 4 bridgehead atoms. The summed E-state index contributed by atoms with van der Waals surface area (Å²) in [6.45, 7) is 9.91. The second-order valence-corrected chi connectivity index (χ2v) is 33.6. The Morgan fingerprint density at radius 1 is 0.447 bits per heavy atom. The molecule has 0 spiro atoms. The van der Waals surface area contributed by atoms with Crippen LogP contribution >= 0.6 is 35.3 Å². The van der Waals surface area contributed by atoms with Crippen molar-refractivity contribution < 1.29 is 112 Å². The molecule has 14 amide bonds. The summed E-state index contributed by atoms with van der Waals surface area (Å²) >= 11 is 3.70. The topological polar surface area (TPSA) is 591 Å². The Labute approximate surface area is 719 Å². The van der Waals surface area contributed by atoms with Gasteiger partial charge in [0, 0.05) is 79.6 Å². The molecule has 0 saturated heterocycles. The van der Waals surface area contributed by atoms with Crippen LogP contribution in [0.5, 0.6) is 5.75 Å². The second kappa shape index (κ2) is 47.6. The van der Waals surface area contributed by atoms with Gasteiger partial charge in [0.25, 0.3) is 0 Å². The number of carbonyl (C=O) groups is 18. The number of carbonyl (C=O) groups excluding carboxylic acids is 14. The standard InChI is InChI=1S/C83H102N14O23S3/c1-6-54-72(110)96-63-43-123-42-49-32-47(40-121-29-27-65(100)86-44(2)71(109)90-60(37-64(84)99)78(116)88-55(23-25-66(101)102)73(111)93-59(77(115)87-54)36-51-17-12-16-50-15-10-11-18-53(50)51)31-48(33-49)41-122-30-28-85-82(120)70(83(3,4)5)97-80(118)62(39-69(107)108)95-76(114)58(35-46-19-21-52(98)22-20-46)91-75(113)57(34-45-13-8-7-9-14-45)92-79(117)61(38-68(105)106)94-74(112)56(89-81(63)119)24-26-67(103)104/h6-22,31-33,44,54-63,70,98H,1,23-30,34-43H2,2-5H3,(H2,84,99)(H,85,120)(H,86,100)(H,87,115)(H,88,116)(H,89,119)(H,90,109)(H,91,113)(H,92,117)(H,93,111)(H,94,112)(H,95,114)(H,96,110)(H,97,118)(H,101,102)(H,103,104)(H,105,106)(H,107,108)/t44-,54-,55+,56+,57+,58+,59+,60+,61+,62+,63-,70-/m1/s1. The second-order valence-electron chi connectivity index (χ2n) is 30.3. The number of phenolic OH excluding ortho intramolecular Hbond substituents is 1. The highest BCUT2D eigenvalue weighted by Gasteiger charge is 2.40. The van der Waals surface area contributed by atoms with E-state index in [1.807, 2.05) is 18.2 Å². The largest absolute Gasteiger partial charge is 0.508 e. The lowest BCUT2D eigenvalue weighted by Gasteiger charge is -2.32. The van der Waals surface area contributed by atoms with Gasteiger partial charge >= 0.3 is 23.9 Å². The lowest BCUT2D eigenvalue weighted by atomic mass is 9.85. The smallest absolute Gasteiger partial charge is 0.305 e. The van der Waals surface area contributed by atoms with E-state index in [2.05, 4.69) is 75.7 Å². The van der Waals surface area contributed by atoms with E-state index in [0.717, 1.165) is 17.8 Å². The Bertz CT molecular complexity index is 4720. The van der Waals surface area contributed by atoms with Crippen molar-refractivity contribution in [2.24, 2.45) is 11.1 Å². The number of hydrogen-bond donors (Lipinski definition) is 19. The van der Waals surface area contributed by atoms with E-state index < -0.39 is 248 Å². The molecule has 660 valence electrons. The number of nitrogens with one attached hydrogen (secondary N) is 13. The Morgan fingerprint density at radius 2 is 0.886 bits per heavy atom. The van der Waals surface area contributed by atoms with E-state index in [4.69, 9.17) is 5.73 Å². The summed E-state index contributed by atoms with van der Waals surface area (Å²) in [7, 11) is 0. The van der Waals surface area contributed by atoms with Crippen LogP contribution in [0.4, 0.5) is 0 Å². The predicted octanol–water partition coefficient (Wildman–Crippen LogP) is 0.131. The molecule has 0 radical (unpaired) electrons. The number of fused-ring (bicyclic) bond motifs is 6. The number of hydrogen-bond acceptors (Lipinski definition) is 22. The van der Waals surface area contributed by atoms with Gasteiger partial charge in [-0.25, -0.2) is 0 Å². The van der Waals surface area contributed by atoms with Crippen molar-refractivity contribution in [3.8, 4) is 5.75 Å². The number of benzene rings is 5. The summed E-state index contributed by atoms with van der Waals surface area (Å²) in [4.78, 5) is 252. The van der Waals surface area contributed by atoms with E-state index in [1.54, 1.807) is 93.6 Å². The monoisotopic (exact) mass is 1760 g/mol. The number of thioether (sulfide) groups is 3. The first kappa shape index (κ1) is 97.5. The van der Waals surface area contributed by atoms with Crippen LogP contribution in [0.15, 0.2) is 128 Å². The van der Waals surface area contributed by atoms with Crippen molar-refractivity contribution >= 4 is 153 Å². The van der Waals surface area contributed by atoms with Crippen LogP contribution in [-0.4, -0.2) is 228 Å². The highest BCUT2D eigenvalue weighted by molar-refractivity contribution is 7.99. The first-order valence-electron chi connectivity index (χ1n) is 39.2. The van der Waals surface area contributed by atoms with Crippen molar-refractivity contribution in [1.29, 1.82) is 0 Å². The Morgan fingerprint density at radius 3 is 1.41 bits per heavy atom. The van der Waals surface area contributed by atoms with Crippen molar-refractivity contribution in [3.05, 3.63) is 161 Å². The van der Waals surface area contributed by atoms with Crippen molar-refractivity contribution in [1.82, 2.24) is 69.1 Å². The fourth-order valence-corrected chi connectivity index (χ4v) is 15.7. The van der Waals surface area contributed by atoms with E-state index in [0.29, 0.717) is 38.6 Å². The van der Waals surface area contributed by atoms with Gasteiger partial charge in [-0.1, -0.05) is 130 Å². The normalized spacial score (nSPS) is 23.4. The highest BCUT2D eigenvalue weighted by atomic mass is 32.2. The molecule has 0 fully saturated rings. The molecule has 37 nitrogen and oxygen atoms in total. The highest BCUT2D eigenvalue weighted by Crippen LogP contribution is 2.27. The van der Waals surface area contributed by atoms with Gasteiger partial charge in [0.05, 0.1) is 19.3 Å². The molecule has 2 aliphatic rings. The lowest BCUT2D eigenvalue weighted by molar-refractivity contribution is -0.142. The van der Waals surface area contributed by atoms with Crippen LogP contribution < -0.4 is 74.9 Å². The zero-order valence-electron chi connectivity index (χ0n) is 67.8. The molecule has 0 aliphatic carbocycles. The molecule has 0 saturated carbocycles. The van der Waals surface area contributed by atoms with E-state index in [9.17, 15) is 97.5 Å². The SMILES string of the molecule is C=C[C@H]1NC(=O)[C@H](Cc2cccc3ccccc23)NC(=O)[C@H](CCC(=O)O)NC(=O)[C@H](CC(N)=O)NC(=O)[C@@H](C)NC(=O)CCSCc2cc3cc(c2)CSC[C@@H](NC1=O)C(=O)N[C@@H](CCC(=O)O)C(=O)N[C@@H](CC(=O)O)C(=O)N[C@@H](Cc1ccccc1)C(=O)N[C@@H](Cc1ccc(O)cc1)C(=O)N[C@@H](CC(=O)O)C(=O)N[C@@H](C(C)(C)C)C(=O)NCCSC3. The fraction of sp³-hybridized carbons (Fsp3) is 0.422. The van der Waals surface area contributed by atoms with Crippen LogP contribution in [-0.2, 0) is 123 Å². The number of primary amides is 1. The number of carboxylic acids is 4. The fourth-order valence-electron chi connectivity index (χ4n) is 13.0. The number of carboxylic acid groups (broad SMARTS) is 4. The van der Waals surface area contributed by atoms with Crippen LogP contribution in [0, 0.1) is 5.41 Å². The minimum absolute atomic E-state index is 0.00105. The Balaban J connectivity index is 1.34. The quantitative estimate of drug-likeness (QED) is 0.0489. The average Bonchev–Trinajstić information content (AvgIpc) is 0.822. The molecule has 2 aliphatic heterocycles. The molecule has 5 aromatic rings. The molecular weight excluding hydrogens is 1660 g/mol. The Kier molecular flexibility index (Phi) is 37.7. The molecule has 5 aromatic carbocycles. The maximum Gasteiger partial charge on any atom is 0.305 e. The van der Waals surface area contributed by atoms with Crippen molar-refractivity contribution in [3.63, 3.8) is 0 Å². The average molecular weight is 1760 g/mol. The minimum Gasteiger partial charge on any atom is -0.508 e. The summed E-state index contributed by atoms with van der Waals surface area (Å²) in [5.41, 5.74) is 7.53. The molecule has 20 N–H and O–H groups in total. The van der Waals surface area contributed by atoms with Gasteiger partial charge in [-0.3, -0.25) is 86.3 Å². The van der Waals surface area contributed by atoms with Gasteiger partial charge in [0.15, 0.2) is 0 Å². The summed E-state index contributed by atoms with van der Waals surface area (Å²) in [5.74, 6) is -21.4. The third kappa shape index (κ3) is 32.4. The third-order valence-electron chi connectivity index (χ3n) is 19.3. The molecule has 40 heteroatoms. The van der Waals surface area contributed by atoms with Gasteiger partial charge in [0.1, 0.15) is 78.3 Å². The van der Waals surface area contributed by atoms with E-state index >= 15 is 14.4 Å². The van der Waals surface area contributed by atoms with E-state index in [-0.39, 0.29) is 59.5 Å². The first-order valence-corrected chi connectivity index (χ1v) is 42.6. The number of nitrogens with two attached hydrogens (primary N) is 1. The first-order chi connectivity index (χ1) is 58.3. The van der Waals surface area contributed by atoms with E-state index in [1.165, 1.54) is 54.7 Å². The van der Waals surface area contributed by atoms with Crippen LogP contribution in [0.2, 0.25) is 0 Å². The van der Waals surface area contributed by atoms with Crippen LogP contribution in [0.25, 0.3) is 10.8 Å². The van der Waals surface area contributed by atoms with Gasteiger partial charge in [-0.05, 0) is 81.5 Å². The molecule has 0 aromatic heterocycles. The summed E-state index contributed by atoms with van der Waals surface area (Å²) in [6.07, 6.45) is -6.72. The van der Waals surface area contributed by atoms with Crippen LogP contribution in [0.1, 0.15) is 112 Å². The molecule has 12 atom stereocenters. The van der Waals surface area contributed by atoms with Crippen LogP contribution in [0.3, 0.4) is 0 Å². The predicted molar refractivity (Wildman–Crippen MR) is 453 cm³/mol. The minimum atomic E-state index is -2.18. The molecule has 2 heterocycles. The molecule has 123 heavy (non-hydrogen) atoms. The van der Waals surface area contributed by atoms with Crippen molar-refractivity contribution in [2.45, 2.75) is 188 Å². The summed E-state index contributed by atoms with van der Waals surface area (Å²) in [5, 5.41) is 84.2. The number of phenols is 1. The molecule has 0 unspecified atom stereocenters. The number of amides is 14. The molecule has 7 rings (SSSR count). The number of aromatic hydroxyl groups is 1. The lowest BCUT2D eigenvalue weighted by Crippen LogP contribution is -2.62. The zero-order valence-corrected chi connectivity index (χ0v) is 70.2. The zero-order chi connectivity index (χ0) is 90.2. The number of aliphatic carboxylic acids is 4. The van der Waals surface area contributed by atoms with Gasteiger partial charge < -0.3 is 100 Å². The third-order valence-corrected chi connectivity index (χ3v) is 22.5. The molecular formula is C83H102N14O23S3. The van der Waals surface area contributed by atoms with Gasteiger partial charge in [-0.2, -0.15) is 35.3 Å². The Hall–Kier alpha value is -12.6. The van der Waals surface area contributed by atoms with Gasteiger partial charge in [-0.15, -0.1) is 6.58 Å². The number of rotatable bonds is 19. The maximum absolute atomic E-state index is 15.2. The maximum atomic E-state index is 15.2. The van der Waals surface area contributed by atoms with Crippen molar-refractivity contribution in [2.75, 3.05) is 23.8 Å². The summed E-state index contributed by atoms with van der Waals surface area (Å²) < 4.78 is 0. The summed E-state index contributed by atoms with van der Waals surface area (Å²) in [6, 6.07) is 9.08.